The van der Waals surface area contributed by atoms with E-state index in [4.69, 9.17) is 4.74 Å². The molecule has 1 amide bonds. The quantitative estimate of drug-likeness (QED) is 0.442. The molecule has 2 aromatic heterocycles. The van der Waals surface area contributed by atoms with Gasteiger partial charge in [0, 0.05) is 23.7 Å². The number of ether oxygens (including phenoxy) is 1. The van der Waals surface area contributed by atoms with Gasteiger partial charge in [-0.2, -0.15) is 18.3 Å². The molecule has 188 valence electrons. The van der Waals surface area contributed by atoms with Gasteiger partial charge in [0.15, 0.2) is 0 Å². The molecule has 3 rings (SSSR count). The van der Waals surface area contributed by atoms with E-state index in [1.54, 1.807) is 44.5 Å². The van der Waals surface area contributed by atoms with Crippen LogP contribution in [0.2, 0.25) is 0 Å². The van der Waals surface area contributed by atoms with Crippen molar-refractivity contribution in [1.29, 1.82) is 0 Å². The fourth-order valence-corrected chi connectivity index (χ4v) is 3.35. The molecule has 0 aliphatic carbocycles. The zero-order chi connectivity index (χ0) is 26.1. The maximum atomic E-state index is 13.0. The molecule has 0 saturated heterocycles. The molecule has 0 spiro atoms. The van der Waals surface area contributed by atoms with E-state index in [-0.39, 0.29) is 11.8 Å². The van der Waals surface area contributed by atoms with Crippen molar-refractivity contribution in [1.82, 2.24) is 14.8 Å². The number of aryl methyl sites for hydroxylation is 2. The molecule has 0 aliphatic heterocycles. The highest BCUT2D eigenvalue weighted by Gasteiger charge is 2.33. The number of amides is 1. The van der Waals surface area contributed by atoms with Crippen LogP contribution in [0.3, 0.4) is 0 Å². The van der Waals surface area contributed by atoms with Gasteiger partial charge in [-0.3, -0.25) is 14.3 Å². The number of aromatic nitrogens is 3. The molecule has 0 bridgehead atoms. The Morgan fingerprint density at radius 1 is 1.20 bits per heavy atom. The first-order chi connectivity index (χ1) is 16.2. The third kappa shape index (κ3) is 5.90. The minimum Gasteiger partial charge on any atom is -0.489 e. The summed E-state index contributed by atoms with van der Waals surface area (Å²) in [5.41, 5.74) is -0.928. The Hall–Kier alpha value is -3.63. The second-order valence-corrected chi connectivity index (χ2v) is 9.14. The molecular formula is C24H27F3N4O4. The van der Waals surface area contributed by atoms with E-state index in [0.29, 0.717) is 29.6 Å². The van der Waals surface area contributed by atoms with Gasteiger partial charge >= 0.3 is 12.1 Å². The lowest BCUT2D eigenvalue weighted by Crippen LogP contribution is -2.25. The van der Waals surface area contributed by atoms with Crippen LogP contribution >= 0.6 is 0 Å². The molecule has 35 heavy (non-hydrogen) atoms. The van der Waals surface area contributed by atoms with Crippen LogP contribution < -0.4 is 10.1 Å². The van der Waals surface area contributed by atoms with Crippen molar-refractivity contribution in [3.8, 4) is 5.75 Å². The number of carbonyl (C=O) groups excluding carboxylic acids is 1. The van der Waals surface area contributed by atoms with Gasteiger partial charge in [-0.05, 0) is 59.2 Å². The van der Waals surface area contributed by atoms with Crippen LogP contribution in [-0.4, -0.2) is 37.9 Å². The van der Waals surface area contributed by atoms with Crippen LogP contribution in [0.25, 0.3) is 10.9 Å². The summed E-state index contributed by atoms with van der Waals surface area (Å²) < 4.78 is 46.5. The molecule has 2 heterocycles. The van der Waals surface area contributed by atoms with Crippen molar-refractivity contribution >= 4 is 28.5 Å². The van der Waals surface area contributed by atoms with Gasteiger partial charge in [0.2, 0.25) is 0 Å². The van der Waals surface area contributed by atoms with E-state index in [1.807, 2.05) is 6.92 Å². The Balaban J connectivity index is 1.97. The summed E-state index contributed by atoms with van der Waals surface area (Å²) in [5, 5.41) is 17.2. The van der Waals surface area contributed by atoms with Crippen LogP contribution in [0, 0.1) is 12.3 Å². The monoisotopic (exact) mass is 492 g/mol. The number of aliphatic carboxylic acids is 1. The van der Waals surface area contributed by atoms with Crippen LogP contribution in [0.1, 0.15) is 56.0 Å². The number of anilines is 1. The van der Waals surface area contributed by atoms with Gasteiger partial charge in [0.25, 0.3) is 5.91 Å². The minimum atomic E-state index is -4.68. The fraction of sp³-hybridized carbons (Fsp3) is 0.417. The topological polar surface area (TPSA) is 106 Å². The summed E-state index contributed by atoms with van der Waals surface area (Å²) in [6, 6.07) is 6.38. The SMILES string of the molecule is Cc1c2cc(NC(=O)c3cccc(C(F)(F)F)n3)c(OC(C)C)cc2nn1CCC(C)(C)C(=O)O. The van der Waals surface area contributed by atoms with Crippen LogP contribution in [-0.2, 0) is 17.5 Å². The number of alkyl halides is 3. The number of rotatable bonds is 8. The number of carboxylic acids is 1. The number of pyridine rings is 1. The molecule has 8 nitrogen and oxygen atoms in total. The number of carboxylic acid groups (broad SMARTS) is 1. The molecule has 0 fully saturated rings. The van der Waals surface area contributed by atoms with Crippen molar-refractivity contribution in [2.45, 2.75) is 59.9 Å². The summed E-state index contributed by atoms with van der Waals surface area (Å²) in [6.45, 7) is 9.03. The molecule has 0 saturated carbocycles. The summed E-state index contributed by atoms with van der Waals surface area (Å²) in [4.78, 5) is 27.6. The maximum Gasteiger partial charge on any atom is 0.433 e. The predicted octanol–water partition coefficient (Wildman–Crippen LogP) is 5.30. The van der Waals surface area contributed by atoms with Gasteiger partial charge in [0.05, 0.1) is 22.7 Å². The largest absolute Gasteiger partial charge is 0.489 e. The van der Waals surface area contributed by atoms with E-state index in [1.165, 1.54) is 6.07 Å². The average molecular weight is 492 g/mol. The molecule has 11 heteroatoms. The van der Waals surface area contributed by atoms with E-state index in [9.17, 15) is 27.9 Å². The van der Waals surface area contributed by atoms with Crippen LogP contribution in [0.4, 0.5) is 18.9 Å². The second-order valence-electron chi connectivity index (χ2n) is 9.14. The Bertz CT molecular complexity index is 1270. The molecule has 3 aromatic rings. The lowest BCUT2D eigenvalue weighted by Gasteiger charge is -2.19. The first kappa shape index (κ1) is 26.0. The molecule has 2 N–H and O–H groups in total. The third-order valence-corrected chi connectivity index (χ3v) is 5.51. The van der Waals surface area contributed by atoms with E-state index < -0.39 is 34.9 Å². The zero-order valence-electron chi connectivity index (χ0n) is 20.0. The molecule has 0 aliphatic rings. The molecule has 0 atom stereocenters. The Morgan fingerprint density at radius 3 is 2.49 bits per heavy atom. The molecular weight excluding hydrogens is 465 g/mol. The number of hydrogen-bond donors (Lipinski definition) is 2. The highest BCUT2D eigenvalue weighted by Crippen LogP contribution is 2.34. The van der Waals surface area contributed by atoms with Gasteiger partial charge in [-0.15, -0.1) is 0 Å². The number of fused-ring (bicyclic) bond motifs is 1. The standard InChI is InChI=1S/C24H27F3N4O4/c1-13(2)35-19-12-17-15(14(3)31(30-17)10-9-23(4,5)22(33)34)11-18(19)29-21(32)16-7-6-8-20(28-16)24(25,26)27/h6-8,11-13H,9-10H2,1-5H3,(H,29,32)(H,33,34). The van der Waals surface area contributed by atoms with E-state index in [2.05, 4.69) is 15.4 Å². The highest BCUT2D eigenvalue weighted by molar-refractivity contribution is 6.05. The Kier molecular flexibility index (Phi) is 7.09. The maximum absolute atomic E-state index is 13.0. The number of benzene rings is 1. The lowest BCUT2D eigenvalue weighted by molar-refractivity contribution is -0.147. The zero-order valence-corrected chi connectivity index (χ0v) is 20.0. The summed E-state index contributed by atoms with van der Waals surface area (Å²) in [7, 11) is 0. The summed E-state index contributed by atoms with van der Waals surface area (Å²) >= 11 is 0. The molecule has 0 unspecified atom stereocenters. The van der Waals surface area contributed by atoms with Crippen molar-refractivity contribution < 1.29 is 32.6 Å². The molecule has 0 radical (unpaired) electrons. The highest BCUT2D eigenvalue weighted by atomic mass is 19.4. The third-order valence-electron chi connectivity index (χ3n) is 5.51. The van der Waals surface area contributed by atoms with Crippen LogP contribution in [0.5, 0.6) is 5.75 Å². The minimum absolute atomic E-state index is 0.254. The van der Waals surface area contributed by atoms with Crippen molar-refractivity contribution in [3.63, 3.8) is 0 Å². The summed E-state index contributed by atoms with van der Waals surface area (Å²) in [6.07, 6.45) is -4.59. The van der Waals surface area contributed by atoms with Crippen molar-refractivity contribution in [2.75, 3.05) is 5.32 Å². The fourth-order valence-electron chi connectivity index (χ4n) is 3.35. The number of carbonyl (C=O) groups is 2. The van der Waals surface area contributed by atoms with Crippen LogP contribution in [0.15, 0.2) is 30.3 Å². The van der Waals surface area contributed by atoms with Gasteiger partial charge < -0.3 is 15.2 Å². The van der Waals surface area contributed by atoms with Crippen molar-refractivity contribution in [3.05, 3.63) is 47.4 Å². The smallest absolute Gasteiger partial charge is 0.433 e. The predicted molar refractivity (Wildman–Crippen MR) is 123 cm³/mol. The van der Waals surface area contributed by atoms with E-state index in [0.717, 1.165) is 17.8 Å². The lowest BCUT2D eigenvalue weighted by atomic mass is 9.90. The molecule has 1 aromatic carbocycles. The Labute approximate surface area is 200 Å². The number of hydrogen-bond acceptors (Lipinski definition) is 5. The Morgan fingerprint density at radius 2 is 1.89 bits per heavy atom. The number of nitrogens with one attached hydrogen (secondary N) is 1. The number of nitrogens with zero attached hydrogens (tertiary/aromatic N) is 3. The second kappa shape index (κ2) is 9.55. The normalized spacial score (nSPS) is 12.3. The summed E-state index contributed by atoms with van der Waals surface area (Å²) in [5.74, 6) is -1.44. The average Bonchev–Trinajstić information content (AvgIpc) is 3.06. The van der Waals surface area contributed by atoms with Gasteiger partial charge in [0.1, 0.15) is 17.1 Å². The first-order valence-electron chi connectivity index (χ1n) is 11.0. The van der Waals surface area contributed by atoms with E-state index >= 15 is 0 Å². The number of halogens is 3. The van der Waals surface area contributed by atoms with Gasteiger partial charge in [-0.25, -0.2) is 4.98 Å². The first-order valence-corrected chi connectivity index (χ1v) is 11.0. The van der Waals surface area contributed by atoms with Gasteiger partial charge in [-0.1, -0.05) is 6.07 Å². The van der Waals surface area contributed by atoms with Crippen molar-refractivity contribution in [2.24, 2.45) is 5.41 Å².